The maximum absolute atomic E-state index is 12.2. The van der Waals surface area contributed by atoms with Crippen LogP contribution in [0.4, 0.5) is 5.95 Å². The van der Waals surface area contributed by atoms with Gasteiger partial charge in [-0.2, -0.15) is 0 Å². The van der Waals surface area contributed by atoms with Crippen LogP contribution in [0.3, 0.4) is 0 Å². The molecule has 0 amide bonds. The van der Waals surface area contributed by atoms with E-state index in [-0.39, 0.29) is 42.8 Å². The summed E-state index contributed by atoms with van der Waals surface area (Å²) in [6, 6.07) is 3.80. The van der Waals surface area contributed by atoms with Crippen LogP contribution in [0.15, 0.2) is 41.8 Å². The Morgan fingerprint density at radius 2 is 1.93 bits per heavy atom. The number of nitrogens with zero attached hydrogens (tertiary/aromatic N) is 3. The zero-order chi connectivity index (χ0) is 17.5. The van der Waals surface area contributed by atoms with Crippen molar-refractivity contribution in [2.45, 2.75) is 32.6 Å². The van der Waals surface area contributed by atoms with E-state index in [0.717, 1.165) is 42.8 Å². The fraction of sp³-hybridized carbons (Fsp3) is 0.333. The molecule has 0 bridgehead atoms. The molecule has 0 fully saturated rings. The minimum Gasteiger partial charge on any atom is -0.356 e. The number of hydrogen-bond donors (Lipinski definition) is 3. The number of aromatic amines is 2. The third-order valence-corrected chi connectivity index (χ3v) is 4.06. The summed E-state index contributed by atoms with van der Waals surface area (Å²) in [5.41, 5.74) is 3.75. The average Bonchev–Trinajstić information content (AvgIpc) is 3.03. The van der Waals surface area contributed by atoms with Crippen molar-refractivity contribution in [3.8, 4) is 0 Å². The summed E-state index contributed by atoms with van der Waals surface area (Å²) in [6.45, 7) is 2.79. The lowest BCUT2D eigenvalue weighted by atomic mass is 10.1. The molecule has 3 aromatic heterocycles. The number of aromatic nitrogens is 5. The number of halogens is 3. The Labute approximate surface area is 182 Å². The lowest BCUT2D eigenvalue weighted by molar-refractivity contribution is 0.744. The van der Waals surface area contributed by atoms with Crippen LogP contribution in [0.25, 0.3) is 0 Å². The van der Waals surface area contributed by atoms with Crippen LogP contribution in [0.1, 0.15) is 35.4 Å². The Bertz CT molecular complexity index is 869. The van der Waals surface area contributed by atoms with Gasteiger partial charge in [0.05, 0.1) is 12.0 Å². The van der Waals surface area contributed by atoms with E-state index < -0.39 is 0 Å². The highest BCUT2D eigenvalue weighted by molar-refractivity contribution is 5.86. The van der Waals surface area contributed by atoms with Gasteiger partial charge in [-0.25, -0.2) is 9.97 Å². The van der Waals surface area contributed by atoms with Gasteiger partial charge >= 0.3 is 0 Å². The molecule has 28 heavy (non-hydrogen) atoms. The number of unbranched alkanes of at least 4 members (excludes halogenated alkanes) is 1. The highest BCUT2D eigenvalue weighted by atomic mass is 35.5. The van der Waals surface area contributed by atoms with E-state index in [9.17, 15) is 4.79 Å². The van der Waals surface area contributed by atoms with Gasteiger partial charge < -0.3 is 10.3 Å². The van der Waals surface area contributed by atoms with Crippen molar-refractivity contribution in [2.24, 2.45) is 0 Å². The summed E-state index contributed by atoms with van der Waals surface area (Å²) in [5, 5.41) is 3.16. The highest BCUT2D eigenvalue weighted by Gasteiger charge is 2.04. The third kappa shape index (κ3) is 7.50. The second-order valence-electron chi connectivity index (χ2n) is 5.98. The van der Waals surface area contributed by atoms with Gasteiger partial charge in [0.25, 0.3) is 5.56 Å². The fourth-order valence-electron chi connectivity index (χ4n) is 2.62. The van der Waals surface area contributed by atoms with Crippen LogP contribution in [-0.4, -0.2) is 31.5 Å². The normalized spacial score (nSPS) is 9.61. The molecule has 0 aliphatic heterocycles. The van der Waals surface area contributed by atoms with E-state index in [1.54, 1.807) is 24.9 Å². The SMILES string of the molecule is Cc1[nH]cnc1CCCCNc1ncc(Cc2cccnc2)c(=O)[nH]1.Cl.Cl.Cl. The number of hydrogen-bond acceptors (Lipinski definition) is 5. The standard InChI is InChI=1S/C18H22N6O.3ClH/c1-13-16(23-12-22-13)6-2-3-8-20-18-21-11-15(17(25)24-18)9-14-5-4-7-19-10-14;;;/h4-5,7,10-12H,2-3,6,8-9H2,1H3,(H,22,23)(H2,20,21,24,25);3*1H. The largest absolute Gasteiger partial charge is 0.356 e. The van der Waals surface area contributed by atoms with Gasteiger partial charge in [0.1, 0.15) is 0 Å². The van der Waals surface area contributed by atoms with Gasteiger partial charge in [0, 0.05) is 42.8 Å². The fourth-order valence-corrected chi connectivity index (χ4v) is 2.62. The van der Waals surface area contributed by atoms with Crippen LogP contribution < -0.4 is 10.9 Å². The summed E-state index contributed by atoms with van der Waals surface area (Å²) in [4.78, 5) is 30.7. The predicted octanol–water partition coefficient (Wildman–Crippen LogP) is 3.49. The first-order valence-corrected chi connectivity index (χ1v) is 8.42. The molecule has 0 aromatic carbocycles. The molecule has 0 atom stereocenters. The minimum absolute atomic E-state index is 0. The van der Waals surface area contributed by atoms with Crippen molar-refractivity contribution >= 4 is 43.2 Å². The number of aryl methyl sites for hydroxylation is 2. The molecule has 10 heteroatoms. The zero-order valence-electron chi connectivity index (χ0n) is 15.5. The molecule has 3 aromatic rings. The summed E-state index contributed by atoms with van der Waals surface area (Å²) >= 11 is 0. The number of anilines is 1. The highest BCUT2D eigenvalue weighted by Crippen LogP contribution is 2.07. The topological polar surface area (TPSA) is 99.3 Å². The molecule has 7 nitrogen and oxygen atoms in total. The zero-order valence-corrected chi connectivity index (χ0v) is 17.9. The summed E-state index contributed by atoms with van der Waals surface area (Å²) in [6.07, 6.45) is 10.3. The van der Waals surface area contributed by atoms with E-state index in [4.69, 9.17) is 0 Å². The van der Waals surface area contributed by atoms with Crippen LogP contribution in [0.5, 0.6) is 0 Å². The Kier molecular flexibility index (Phi) is 12.2. The van der Waals surface area contributed by atoms with Crippen molar-refractivity contribution in [1.29, 1.82) is 0 Å². The Balaban J connectivity index is 0.00000243. The average molecular weight is 448 g/mol. The lowest BCUT2D eigenvalue weighted by Gasteiger charge is -2.06. The molecule has 3 rings (SSSR count). The monoisotopic (exact) mass is 446 g/mol. The first kappa shape index (κ1) is 25.9. The van der Waals surface area contributed by atoms with E-state index in [2.05, 4.69) is 30.2 Å². The maximum atomic E-state index is 12.2. The van der Waals surface area contributed by atoms with Crippen molar-refractivity contribution < 1.29 is 0 Å². The number of H-pyrrole nitrogens is 2. The summed E-state index contributed by atoms with van der Waals surface area (Å²) in [7, 11) is 0. The van der Waals surface area contributed by atoms with Crippen molar-refractivity contribution in [3.05, 3.63) is 69.9 Å². The molecule has 3 N–H and O–H groups in total. The van der Waals surface area contributed by atoms with Crippen LogP contribution >= 0.6 is 37.2 Å². The number of rotatable bonds is 8. The van der Waals surface area contributed by atoms with E-state index >= 15 is 0 Å². The molecule has 0 spiro atoms. The van der Waals surface area contributed by atoms with E-state index in [1.807, 2.05) is 19.1 Å². The van der Waals surface area contributed by atoms with Gasteiger partial charge in [0.15, 0.2) is 0 Å². The van der Waals surface area contributed by atoms with Crippen molar-refractivity contribution in [2.75, 3.05) is 11.9 Å². The van der Waals surface area contributed by atoms with Crippen LogP contribution in [0.2, 0.25) is 0 Å². The van der Waals surface area contributed by atoms with Gasteiger partial charge in [-0.05, 0) is 37.8 Å². The number of nitrogens with one attached hydrogen (secondary N) is 3. The Morgan fingerprint density at radius 3 is 2.57 bits per heavy atom. The third-order valence-electron chi connectivity index (χ3n) is 4.06. The van der Waals surface area contributed by atoms with Crippen LogP contribution in [0, 0.1) is 6.92 Å². The Morgan fingerprint density at radius 1 is 1.11 bits per heavy atom. The first-order chi connectivity index (χ1) is 12.2. The molecule has 3 heterocycles. The van der Waals surface area contributed by atoms with Gasteiger partial charge in [0.2, 0.25) is 5.95 Å². The Hall–Kier alpha value is -2.09. The van der Waals surface area contributed by atoms with Crippen molar-refractivity contribution in [1.82, 2.24) is 24.9 Å². The van der Waals surface area contributed by atoms with Gasteiger partial charge in [-0.3, -0.25) is 14.8 Å². The van der Waals surface area contributed by atoms with E-state index in [0.29, 0.717) is 17.9 Å². The minimum atomic E-state index is -0.117. The molecule has 0 unspecified atom stereocenters. The van der Waals surface area contributed by atoms with Gasteiger partial charge in [-0.15, -0.1) is 37.2 Å². The second-order valence-corrected chi connectivity index (χ2v) is 5.98. The summed E-state index contributed by atoms with van der Waals surface area (Å²) < 4.78 is 0. The molecular weight excluding hydrogens is 423 g/mol. The second kappa shape index (κ2) is 13.1. The van der Waals surface area contributed by atoms with E-state index in [1.165, 1.54) is 0 Å². The number of pyridine rings is 1. The first-order valence-electron chi connectivity index (χ1n) is 8.42. The lowest BCUT2D eigenvalue weighted by Crippen LogP contribution is -2.17. The predicted molar refractivity (Wildman–Crippen MR) is 118 cm³/mol. The molecule has 0 aliphatic carbocycles. The molecule has 0 aliphatic rings. The van der Waals surface area contributed by atoms with Crippen molar-refractivity contribution in [3.63, 3.8) is 0 Å². The van der Waals surface area contributed by atoms with Crippen LogP contribution in [-0.2, 0) is 12.8 Å². The molecular formula is C18H25Cl3N6O. The molecule has 0 saturated heterocycles. The molecule has 154 valence electrons. The molecule has 0 radical (unpaired) electrons. The smallest absolute Gasteiger partial charge is 0.255 e. The summed E-state index contributed by atoms with van der Waals surface area (Å²) in [5.74, 6) is 0.510. The molecule has 0 saturated carbocycles. The van der Waals surface area contributed by atoms with Gasteiger partial charge in [-0.1, -0.05) is 6.07 Å². The number of imidazole rings is 1. The quantitative estimate of drug-likeness (QED) is 0.459. The maximum Gasteiger partial charge on any atom is 0.255 e.